The number of hydrogen-bond donors (Lipinski definition) is 3. The zero-order chi connectivity index (χ0) is 50.4. The van der Waals surface area contributed by atoms with Crippen LogP contribution in [-0.4, -0.2) is 89.2 Å². The number of aliphatic hydroxyl groups is 2. The molecule has 0 aliphatic carbocycles. The first kappa shape index (κ1) is 61.6. The van der Waals surface area contributed by atoms with E-state index in [0.717, 1.165) is 57.8 Å². The molecule has 0 spiro atoms. The lowest BCUT2D eigenvalue weighted by molar-refractivity contribution is -0.301. The Kier molecular flexibility index (Phi) is 39.2. The Balaban J connectivity index is 2.89. The van der Waals surface area contributed by atoms with Crippen LogP contribution in [0.15, 0.2) is 146 Å². The summed E-state index contributed by atoms with van der Waals surface area (Å²) in [5.41, 5.74) is 0. The van der Waals surface area contributed by atoms with E-state index in [-0.39, 0.29) is 19.3 Å². The molecule has 0 bridgehead atoms. The first-order valence-corrected chi connectivity index (χ1v) is 24.8. The number of ether oxygens (including phenoxy) is 5. The predicted molar refractivity (Wildman–Crippen MR) is 275 cm³/mol. The summed E-state index contributed by atoms with van der Waals surface area (Å²) in [4.78, 5) is 50.7. The molecule has 12 nitrogen and oxygen atoms in total. The van der Waals surface area contributed by atoms with E-state index in [9.17, 15) is 34.5 Å². The summed E-state index contributed by atoms with van der Waals surface area (Å²) >= 11 is 0. The summed E-state index contributed by atoms with van der Waals surface area (Å²) in [5.74, 6) is -3.48. The molecule has 0 aromatic rings. The Bertz CT molecular complexity index is 1760. The minimum Gasteiger partial charge on any atom is -0.479 e. The highest BCUT2D eigenvalue weighted by molar-refractivity contribution is 5.74. The topological polar surface area (TPSA) is 175 Å². The largest absolute Gasteiger partial charge is 0.479 e. The highest BCUT2D eigenvalue weighted by Crippen LogP contribution is 2.26. The van der Waals surface area contributed by atoms with Gasteiger partial charge in [0.05, 0.1) is 6.61 Å². The van der Waals surface area contributed by atoms with E-state index >= 15 is 0 Å². The second-order valence-corrected chi connectivity index (χ2v) is 15.9. The molecule has 0 aromatic heterocycles. The molecule has 1 saturated heterocycles. The molecule has 0 radical (unpaired) electrons. The van der Waals surface area contributed by atoms with Gasteiger partial charge in [-0.1, -0.05) is 167 Å². The molecule has 382 valence electrons. The van der Waals surface area contributed by atoms with Crippen molar-refractivity contribution in [2.75, 3.05) is 13.2 Å². The number of carbonyl (C=O) groups excluding carboxylic acids is 3. The Morgan fingerprint density at radius 2 is 0.812 bits per heavy atom. The molecule has 1 fully saturated rings. The average Bonchev–Trinajstić information content (AvgIpc) is 3.33. The molecule has 3 N–H and O–H groups in total. The van der Waals surface area contributed by atoms with Gasteiger partial charge in [0.25, 0.3) is 0 Å². The molecule has 0 amide bonds. The fourth-order valence-corrected chi connectivity index (χ4v) is 6.23. The number of aliphatic carboxylic acids is 1. The van der Waals surface area contributed by atoms with Gasteiger partial charge < -0.3 is 39.0 Å². The van der Waals surface area contributed by atoms with Crippen LogP contribution in [0.4, 0.5) is 0 Å². The van der Waals surface area contributed by atoms with Crippen molar-refractivity contribution < 1.29 is 58.2 Å². The molecule has 1 aliphatic rings. The molecular formula is C57H82O12. The highest BCUT2D eigenvalue weighted by atomic mass is 16.7. The van der Waals surface area contributed by atoms with Crippen LogP contribution >= 0.6 is 0 Å². The summed E-state index contributed by atoms with van der Waals surface area (Å²) in [7, 11) is 0. The third-order valence-corrected chi connectivity index (χ3v) is 9.93. The van der Waals surface area contributed by atoms with E-state index in [1.165, 1.54) is 0 Å². The van der Waals surface area contributed by atoms with Gasteiger partial charge in [0.1, 0.15) is 18.8 Å². The van der Waals surface area contributed by atoms with Crippen LogP contribution in [0.3, 0.4) is 0 Å². The normalized spacial score (nSPS) is 19.9. The summed E-state index contributed by atoms with van der Waals surface area (Å²) in [6.45, 7) is 5.41. The third-order valence-electron chi connectivity index (χ3n) is 9.93. The van der Waals surface area contributed by atoms with Crippen LogP contribution in [0.5, 0.6) is 0 Å². The molecule has 6 atom stereocenters. The monoisotopic (exact) mass is 959 g/mol. The lowest BCUT2D eigenvalue weighted by Gasteiger charge is -2.40. The Morgan fingerprint density at radius 1 is 0.464 bits per heavy atom. The molecule has 6 unspecified atom stereocenters. The van der Waals surface area contributed by atoms with Crippen molar-refractivity contribution in [2.24, 2.45) is 0 Å². The van der Waals surface area contributed by atoms with Gasteiger partial charge in [0.15, 0.2) is 24.6 Å². The van der Waals surface area contributed by atoms with Crippen LogP contribution < -0.4 is 0 Å². The number of aliphatic hydroxyl groups excluding tert-OH is 2. The lowest BCUT2D eigenvalue weighted by Crippen LogP contribution is -2.61. The first-order valence-electron chi connectivity index (χ1n) is 24.8. The number of rotatable bonds is 38. The van der Waals surface area contributed by atoms with E-state index in [1.807, 2.05) is 54.7 Å². The maximum Gasteiger partial charge on any atom is 0.335 e. The Labute approximate surface area is 412 Å². The van der Waals surface area contributed by atoms with Gasteiger partial charge in [0, 0.05) is 19.3 Å². The SMILES string of the molecule is CC/C=C\C/C=C\C/C=C\C/C=C\CCC(=O)OCC(COC1OC(C(=O)O)C(O)C(O)C1OC(=O)CC/C=C\C/C=C\C/C=C\C/C=C\CC)OC(=O)CC/C=C\C/C=C\C/C=C\C/C=C\CC. The molecule has 12 heteroatoms. The van der Waals surface area contributed by atoms with Gasteiger partial charge in [-0.05, 0) is 96.3 Å². The quantitative estimate of drug-likeness (QED) is 0.0304. The van der Waals surface area contributed by atoms with Crippen LogP contribution in [0.1, 0.15) is 136 Å². The minimum atomic E-state index is -1.95. The van der Waals surface area contributed by atoms with E-state index < -0.39 is 73.9 Å². The van der Waals surface area contributed by atoms with Crippen LogP contribution in [0.25, 0.3) is 0 Å². The van der Waals surface area contributed by atoms with Gasteiger partial charge >= 0.3 is 23.9 Å². The Hall–Kier alpha value is -5.40. The summed E-state index contributed by atoms with van der Waals surface area (Å²) in [6, 6.07) is 0. The van der Waals surface area contributed by atoms with E-state index in [0.29, 0.717) is 38.5 Å². The Morgan fingerprint density at radius 3 is 1.19 bits per heavy atom. The molecule has 1 aliphatic heterocycles. The second-order valence-electron chi connectivity index (χ2n) is 15.9. The third kappa shape index (κ3) is 34.5. The van der Waals surface area contributed by atoms with Gasteiger partial charge in [-0.25, -0.2) is 4.79 Å². The van der Waals surface area contributed by atoms with Crippen molar-refractivity contribution in [3.05, 3.63) is 146 Å². The molecule has 1 heterocycles. The fraction of sp³-hybridized carbons (Fsp3) is 0.509. The van der Waals surface area contributed by atoms with E-state index in [2.05, 4.69) is 112 Å². The zero-order valence-electron chi connectivity index (χ0n) is 41.5. The minimum absolute atomic E-state index is 0.00987. The number of hydrogen-bond acceptors (Lipinski definition) is 11. The molecule has 0 aromatic carbocycles. The van der Waals surface area contributed by atoms with Crippen molar-refractivity contribution in [3.8, 4) is 0 Å². The standard InChI is InChI=1S/C57H82O12/c1-4-7-10-13-16-19-22-25-28-31-34-37-40-43-49(58)65-46-48(67-50(59)44-41-38-35-32-29-26-23-20-17-14-11-8-5-2)47-66-57-55(53(62)52(61)54(69-57)56(63)64)68-51(60)45-42-39-36-33-30-27-24-21-18-15-12-9-6-3/h7-12,16-21,25-30,34-39,48,52-55,57,61-62H,4-6,13-15,22-24,31-33,40-47H2,1-3H3,(H,63,64)/b10-7-,11-8-,12-9-,19-16-,20-17-,21-18-,28-25-,29-26-,30-27-,37-34-,38-35-,39-36-. The summed E-state index contributed by atoms with van der Waals surface area (Å²) < 4.78 is 27.9. The fourth-order valence-electron chi connectivity index (χ4n) is 6.23. The van der Waals surface area contributed by atoms with E-state index in [1.54, 1.807) is 0 Å². The predicted octanol–water partition coefficient (Wildman–Crippen LogP) is 11.7. The first-order chi connectivity index (χ1) is 33.6. The van der Waals surface area contributed by atoms with Crippen molar-refractivity contribution >= 4 is 23.9 Å². The maximum atomic E-state index is 13.0. The second kappa shape index (κ2) is 43.9. The number of carbonyl (C=O) groups is 4. The van der Waals surface area contributed by atoms with Crippen molar-refractivity contribution in [2.45, 2.75) is 173 Å². The van der Waals surface area contributed by atoms with Gasteiger partial charge in [-0.2, -0.15) is 0 Å². The number of allylic oxidation sites excluding steroid dienone is 24. The van der Waals surface area contributed by atoms with Crippen molar-refractivity contribution in [1.29, 1.82) is 0 Å². The molecule has 69 heavy (non-hydrogen) atoms. The van der Waals surface area contributed by atoms with Crippen LogP contribution in [0, 0.1) is 0 Å². The number of esters is 3. The van der Waals surface area contributed by atoms with Gasteiger partial charge in [-0.15, -0.1) is 0 Å². The van der Waals surface area contributed by atoms with Gasteiger partial charge in [0.2, 0.25) is 0 Å². The average molecular weight is 959 g/mol. The van der Waals surface area contributed by atoms with E-state index in [4.69, 9.17) is 23.7 Å². The summed E-state index contributed by atoms with van der Waals surface area (Å²) in [6.07, 6.45) is 50.4. The maximum absolute atomic E-state index is 13.0. The smallest absolute Gasteiger partial charge is 0.335 e. The lowest BCUT2D eigenvalue weighted by atomic mass is 9.98. The molecule has 0 saturated carbocycles. The number of carboxylic acid groups (broad SMARTS) is 1. The van der Waals surface area contributed by atoms with Gasteiger partial charge in [-0.3, -0.25) is 14.4 Å². The summed E-state index contributed by atoms with van der Waals surface area (Å²) in [5, 5.41) is 31.3. The highest BCUT2D eigenvalue weighted by Gasteiger charge is 2.50. The van der Waals surface area contributed by atoms with Crippen molar-refractivity contribution in [3.63, 3.8) is 0 Å². The van der Waals surface area contributed by atoms with Crippen LogP contribution in [-0.2, 0) is 42.9 Å². The number of carboxylic acids is 1. The molecule has 1 rings (SSSR count). The van der Waals surface area contributed by atoms with Crippen molar-refractivity contribution in [1.82, 2.24) is 0 Å². The zero-order valence-corrected chi connectivity index (χ0v) is 41.5. The van der Waals surface area contributed by atoms with Crippen LogP contribution in [0.2, 0.25) is 0 Å². The molecular weight excluding hydrogens is 877 g/mol.